The Bertz CT molecular complexity index is 2610. The Morgan fingerprint density at radius 2 is 0.981 bits per heavy atom. The summed E-state index contributed by atoms with van der Waals surface area (Å²) in [5, 5.41) is 0. The standard InChI is InChI=1S/C50H42N4/c1-28-22-34(27-51-45(28)31-16-19-35-29-14-15-30(23-29)40(35)24-31)48-53-46(32-17-20-38-36-10-6-8-12-41(36)49(2,3)43(38)25-32)52-47(54-48)33-18-21-39-37-11-7-9-13-42(37)50(4,5)44(39)26-33/h6-13,16-22,24-27,29-30H,14-15,23H2,1-5H3. The van der Waals surface area contributed by atoms with Crippen molar-refractivity contribution in [2.75, 3.05) is 0 Å². The fourth-order valence-electron chi connectivity index (χ4n) is 10.4. The van der Waals surface area contributed by atoms with Gasteiger partial charge in [-0.2, -0.15) is 0 Å². The molecule has 2 aromatic heterocycles. The van der Waals surface area contributed by atoms with Crippen molar-refractivity contribution in [3.63, 3.8) is 0 Å². The van der Waals surface area contributed by atoms with Crippen LogP contribution < -0.4 is 0 Å². The van der Waals surface area contributed by atoms with Crippen LogP contribution in [0.5, 0.6) is 0 Å². The van der Waals surface area contributed by atoms with E-state index in [1.807, 2.05) is 6.20 Å². The Kier molecular flexibility index (Phi) is 6.55. The number of nitrogens with zero attached hydrogens (tertiary/aromatic N) is 4. The molecular formula is C50H42N4. The van der Waals surface area contributed by atoms with Crippen LogP contribution in [0.4, 0.5) is 0 Å². The van der Waals surface area contributed by atoms with Gasteiger partial charge in [0.2, 0.25) is 0 Å². The molecule has 7 aromatic rings. The molecule has 0 aliphatic heterocycles. The van der Waals surface area contributed by atoms with Gasteiger partial charge in [0.15, 0.2) is 17.5 Å². The first-order chi connectivity index (χ1) is 26.1. The average Bonchev–Trinajstić information content (AvgIpc) is 3.93. The molecule has 0 N–H and O–H groups in total. The lowest BCUT2D eigenvalue weighted by molar-refractivity contribution is 0.660. The highest BCUT2D eigenvalue weighted by atomic mass is 15.0. The van der Waals surface area contributed by atoms with Crippen LogP contribution >= 0.6 is 0 Å². The topological polar surface area (TPSA) is 51.6 Å². The lowest BCUT2D eigenvalue weighted by atomic mass is 9.82. The molecule has 262 valence electrons. The van der Waals surface area contributed by atoms with E-state index in [0.717, 1.165) is 33.9 Å². The van der Waals surface area contributed by atoms with Gasteiger partial charge in [-0.1, -0.05) is 113 Å². The number of pyridine rings is 1. The summed E-state index contributed by atoms with van der Waals surface area (Å²) < 4.78 is 0. The number of hydrogen-bond acceptors (Lipinski definition) is 4. The third-order valence-electron chi connectivity index (χ3n) is 13.3. The smallest absolute Gasteiger partial charge is 0.165 e. The van der Waals surface area contributed by atoms with Crippen molar-refractivity contribution in [3.8, 4) is 67.7 Å². The van der Waals surface area contributed by atoms with Crippen LogP contribution in [0.1, 0.15) is 97.7 Å². The van der Waals surface area contributed by atoms with Gasteiger partial charge in [0.25, 0.3) is 0 Å². The van der Waals surface area contributed by atoms with Crippen LogP contribution in [-0.4, -0.2) is 19.9 Å². The number of hydrogen-bond donors (Lipinski definition) is 0. The zero-order valence-electron chi connectivity index (χ0n) is 31.5. The predicted octanol–water partition coefficient (Wildman–Crippen LogP) is 12.2. The largest absolute Gasteiger partial charge is 0.255 e. The molecule has 1 fully saturated rings. The van der Waals surface area contributed by atoms with Gasteiger partial charge < -0.3 is 0 Å². The summed E-state index contributed by atoms with van der Waals surface area (Å²) in [5.41, 5.74) is 19.5. The van der Waals surface area contributed by atoms with Crippen molar-refractivity contribution in [1.82, 2.24) is 19.9 Å². The third kappa shape index (κ3) is 4.49. The molecule has 4 heteroatoms. The summed E-state index contributed by atoms with van der Waals surface area (Å²) in [6.45, 7) is 11.4. The molecule has 1 saturated carbocycles. The normalized spacial score (nSPS) is 18.9. The van der Waals surface area contributed by atoms with E-state index in [-0.39, 0.29) is 10.8 Å². The molecule has 0 spiro atoms. The summed E-state index contributed by atoms with van der Waals surface area (Å²) >= 11 is 0. The van der Waals surface area contributed by atoms with Crippen LogP contribution in [-0.2, 0) is 10.8 Å². The monoisotopic (exact) mass is 698 g/mol. The minimum atomic E-state index is -0.130. The summed E-state index contributed by atoms with van der Waals surface area (Å²) in [5.74, 6) is 3.44. The van der Waals surface area contributed by atoms with E-state index in [9.17, 15) is 0 Å². The van der Waals surface area contributed by atoms with Crippen LogP contribution in [0.2, 0.25) is 0 Å². The highest BCUT2D eigenvalue weighted by molar-refractivity contribution is 5.85. The van der Waals surface area contributed by atoms with E-state index in [1.165, 1.54) is 69.3 Å². The lowest BCUT2D eigenvalue weighted by Gasteiger charge is -2.22. The number of benzene rings is 5. The predicted molar refractivity (Wildman–Crippen MR) is 219 cm³/mol. The van der Waals surface area contributed by atoms with E-state index >= 15 is 0 Å². The van der Waals surface area contributed by atoms with Crippen molar-refractivity contribution in [3.05, 3.63) is 154 Å². The second kappa shape index (κ2) is 11.1. The van der Waals surface area contributed by atoms with Gasteiger partial charge in [-0.25, -0.2) is 15.0 Å². The van der Waals surface area contributed by atoms with Crippen molar-refractivity contribution in [2.24, 2.45) is 0 Å². The zero-order chi connectivity index (χ0) is 36.5. The zero-order valence-corrected chi connectivity index (χ0v) is 31.5. The number of rotatable bonds is 4. The minimum absolute atomic E-state index is 0.130. The van der Waals surface area contributed by atoms with Gasteiger partial charge in [0.1, 0.15) is 0 Å². The molecule has 11 rings (SSSR count). The van der Waals surface area contributed by atoms with Gasteiger partial charge in [-0.05, 0) is 123 Å². The SMILES string of the molecule is Cc1cc(-c2nc(-c3ccc4c(c3)C(C)(C)c3ccccc3-4)nc(-c3ccc4c(c3)C(C)(C)c3ccccc3-4)n2)cnc1-c1ccc2c(c1)C1CCC2C1. The van der Waals surface area contributed by atoms with E-state index < -0.39 is 0 Å². The molecular weight excluding hydrogens is 657 g/mol. The molecule has 0 radical (unpaired) electrons. The average molecular weight is 699 g/mol. The van der Waals surface area contributed by atoms with Crippen molar-refractivity contribution >= 4 is 0 Å². The van der Waals surface area contributed by atoms with Crippen LogP contribution in [0.15, 0.2) is 115 Å². The fourth-order valence-corrected chi connectivity index (χ4v) is 10.4. The second-order valence-corrected chi connectivity index (χ2v) is 17.1. The van der Waals surface area contributed by atoms with Crippen LogP contribution in [0, 0.1) is 6.92 Å². The number of aromatic nitrogens is 4. The number of aryl methyl sites for hydroxylation is 1. The van der Waals surface area contributed by atoms with Crippen LogP contribution in [0.25, 0.3) is 67.7 Å². The maximum Gasteiger partial charge on any atom is 0.165 e. The first-order valence-corrected chi connectivity index (χ1v) is 19.5. The minimum Gasteiger partial charge on any atom is -0.255 e. The molecule has 4 nitrogen and oxygen atoms in total. The van der Waals surface area contributed by atoms with Gasteiger partial charge in [-0.15, -0.1) is 0 Å². The van der Waals surface area contributed by atoms with E-state index in [0.29, 0.717) is 23.4 Å². The molecule has 4 aliphatic rings. The molecule has 5 aromatic carbocycles. The van der Waals surface area contributed by atoms with Gasteiger partial charge in [0.05, 0.1) is 5.69 Å². The first kappa shape index (κ1) is 31.8. The summed E-state index contributed by atoms with van der Waals surface area (Å²) in [6, 6.07) is 40.2. The quantitative estimate of drug-likeness (QED) is 0.184. The molecule has 2 heterocycles. The summed E-state index contributed by atoms with van der Waals surface area (Å²) in [7, 11) is 0. The van der Waals surface area contributed by atoms with E-state index in [2.05, 4.69) is 144 Å². The van der Waals surface area contributed by atoms with Crippen molar-refractivity contribution in [2.45, 2.75) is 76.5 Å². The molecule has 2 atom stereocenters. The molecule has 54 heavy (non-hydrogen) atoms. The lowest BCUT2D eigenvalue weighted by Crippen LogP contribution is -2.15. The Morgan fingerprint density at radius 3 is 1.56 bits per heavy atom. The molecule has 2 bridgehead atoms. The summed E-state index contributed by atoms with van der Waals surface area (Å²) in [6.07, 6.45) is 5.93. The molecule has 0 saturated heterocycles. The van der Waals surface area contributed by atoms with E-state index in [4.69, 9.17) is 19.9 Å². The molecule has 2 unspecified atom stereocenters. The Balaban J connectivity index is 1.05. The van der Waals surface area contributed by atoms with E-state index in [1.54, 1.807) is 11.1 Å². The fraction of sp³-hybridized carbons (Fsp3) is 0.240. The van der Waals surface area contributed by atoms with Gasteiger partial charge in [0, 0.05) is 39.3 Å². The second-order valence-electron chi connectivity index (χ2n) is 17.1. The Morgan fingerprint density at radius 1 is 0.481 bits per heavy atom. The number of fused-ring (bicyclic) bond motifs is 11. The van der Waals surface area contributed by atoms with Gasteiger partial charge >= 0.3 is 0 Å². The first-order valence-electron chi connectivity index (χ1n) is 19.5. The molecule has 4 aliphatic carbocycles. The Labute approximate surface area is 317 Å². The van der Waals surface area contributed by atoms with Gasteiger partial charge in [-0.3, -0.25) is 4.98 Å². The highest BCUT2D eigenvalue weighted by Crippen LogP contribution is 2.54. The maximum atomic E-state index is 5.24. The van der Waals surface area contributed by atoms with Crippen molar-refractivity contribution in [1.29, 1.82) is 0 Å². The highest BCUT2D eigenvalue weighted by Gasteiger charge is 2.38. The Hall–Kier alpha value is -5.74. The van der Waals surface area contributed by atoms with Crippen molar-refractivity contribution < 1.29 is 0 Å². The third-order valence-corrected chi connectivity index (χ3v) is 13.3. The van der Waals surface area contributed by atoms with Crippen LogP contribution in [0.3, 0.4) is 0 Å². The summed E-state index contributed by atoms with van der Waals surface area (Å²) in [4.78, 5) is 20.8. The maximum absolute atomic E-state index is 5.24. The molecule has 0 amide bonds.